The highest BCUT2D eigenvalue weighted by molar-refractivity contribution is 5.38. The highest BCUT2D eigenvalue weighted by Crippen LogP contribution is 2.66. The normalized spacial score (nSPS) is 55.2. The van der Waals surface area contributed by atoms with Crippen LogP contribution in [0, 0.1) is 46.8 Å². The van der Waals surface area contributed by atoms with Gasteiger partial charge in [-0.1, -0.05) is 25.8 Å². The highest BCUT2D eigenvalue weighted by Gasteiger charge is 2.60. The second kappa shape index (κ2) is 5.11. The van der Waals surface area contributed by atoms with Gasteiger partial charge in [-0.25, -0.2) is 0 Å². The predicted molar refractivity (Wildman–Crippen MR) is 93.4 cm³/mol. The predicted octanol–water partition coefficient (Wildman–Crippen LogP) is 3.50. The zero-order chi connectivity index (χ0) is 16.4. The molecule has 23 heavy (non-hydrogen) atoms. The molecule has 0 saturated heterocycles. The van der Waals surface area contributed by atoms with Gasteiger partial charge < -0.3 is 10.8 Å². The smallest absolute Gasteiger partial charge is 0.0577 e. The number of nitrogens with two attached hydrogens (primary N) is 1. The molecule has 4 rings (SSSR count). The minimum atomic E-state index is -0.168. The Kier molecular flexibility index (Phi) is 3.49. The van der Waals surface area contributed by atoms with Gasteiger partial charge in [0.05, 0.1) is 6.10 Å². The standard InChI is InChI=1S/C21H31NO/c1-4-13-5-6-16-19-17(8-10-20(13,16)2)21(3)9-7-15(22)11-14(21)12-18(19)23/h1,5,14-19,23H,6-12,22H2,2-3H3. The van der Waals surface area contributed by atoms with Crippen LogP contribution in [0.1, 0.15) is 58.8 Å². The molecule has 0 aromatic carbocycles. The molecule has 3 fully saturated rings. The molecule has 8 atom stereocenters. The molecule has 3 N–H and O–H groups in total. The molecule has 2 heteroatoms. The van der Waals surface area contributed by atoms with Crippen molar-refractivity contribution in [1.29, 1.82) is 0 Å². The molecule has 3 saturated carbocycles. The Labute approximate surface area is 140 Å². The molecular formula is C21H31NO. The zero-order valence-electron chi connectivity index (χ0n) is 14.6. The first-order valence-electron chi connectivity index (χ1n) is 9.51. The van der Waals surface area contributed by atoms with E-state index >= 15 is 0 Å². The lowest BCUT2D eigenvalue weighted by atomic mass is 9.44. The third-order valence-corrected chi connectivity index (χ3v) is 8.46. The number of hydrogen-bond donors (Lipinski definition) is 2. The highest BCUT2D eigenvalue weighted by atomic mass is 16.3. The lowest BCUT2D eigenvalue weighted by molar-refractivity contribution is -0.155. The first-order chi connectivity index (χ1) is 10.9. The topological polar surface area (TPSA) is 46.2 Å². The van der Waals surface area contributed by atoms with Gasteiger partial charge in [-0.05, 0) is 74.0 Å². The fourth-order valence-electron chi connectivity index (χ4n) is 7.05. The van der Waals surface area contributed by atoms with Gasteiger partial charge in [0.1, 0.15) is 0 Å². The molecule has 0 radical (unpaired) electrons. The minimum Gasteiger partial charge on any atom is -0.393 e. The lowest BCUT2D eigenvalue weighted by Crippen LogP contribution is -2.58. The van der Waals surface area contributed by atoms with Crippen molar-refractivity contribution >= 4 is 0 Å². The van der Waals surface area contributed by atoms with Gasteiger partial charge >= 0.3 is 0 Å². The van der Waals surface area contributed by atoms with Crippen LogP contribution in [0.25, 0.3) is 0 Å². The Balaban J connectivity index is 1.68. The van der Waals surface area contributed by atoms with E-state index in [0.29, 0.717) is 35.1 Å². The largest absolute Gasteiger partial charge is 0.393 e. The molecule has 0 aliphatic heterocycles. The summed E-state index contributed by atoms with van der Waals surface area (Å²) in [5.41, 5.74) is 7.95. The van der Waals surface area contributed by atoms with E-state index in [2.05, 4.69) is 25.8 Å². The summed E-state index contributed by atoms with van der Waals surface area (Å²) in [5.74, 6) is 5.16. The molecule has 0 spiro atoms. The Morgan fingerprint density at radius 1 is 1.22 bits per heavy atom. The summed E-state index contributed by atoms with van der Waals surface area (Å²) in [6, 6.07) is 0.340. The van der Waals surface area contributed by atoms with Crippen LogP contribution in [0.5, 0.6) is 0 Å². The molecular weight excluding hydrogens is 282 g/mol. The van der Waals surface area contributed by atoms with Gasteiger partial charge in [0.15, 0.2) is 0 Å². The van der Waals surface area contributed by atoms with Crippen LogP contribution in [0.4, 0.5) is 0 Å². The van der Waals surface area contributed by atoms with Crippen LogP contribution < -0.4 is 5.73 Å². The third kappa shape index (κ3) is 2.02. The van der Waals surface area contributed by atoms with Gasteiger partial charge in [0.25, 0.3) is 0 Å². The molecule has 0 aromatic heterocycles. The molecule has 8 unspecified atom stereocenters. The monoisotopic (exact) mass is 313 g/mol. The van der Waals surface area contributed by atoms with Crippen molar-refractivity contribution in [1.82, 2.24) is 0 Å². The summed E-state index contributed by atoms with van der Waals surface area (Å²) in [6.07, 6.45) is 15.8. The Hall–Kier alpha value is -0.780. The second-order valence-electron chi connectivity index (χ2n) is 9.28. The fourth-order valence-corrected chi connectivity index (χ4v) is 7.05. The van der Waals surface area contributed by atoms with E-state index < -0.39 is 0 Å². The average molecular weight is 313 g/mol. The van der Waals surface area contributed by atoms with Crippen LogP contribution in [0.3, 0.4) is 0 Å². The average Bonchev–Trinajstić information content (AvgIpc) is 2.85. The van der Waals surface area contributed by atoms with Gasteiger partial charge in [-0.3, -0.25) is 0 Å². The summed E-state index contributed by atoms with van der Waals surface area (Å²) >= 11 is 0. The number of fused-ring (bicyclic) bond motifs is 5. The number of terminal acetylenes is 1. The second-order valence-corrected chi connectivity index (χ2v) is 9.28. The van der Waals surface area contributed by atoms with Gasteiger partial charge in [0.2, 0.25) is 0 Å². The summed E-state index contributed by atoms with van der Waals surface area (Å²) in [5, 5.41) is 11.0. The van der Waals surface area contributed by atoms with Crippen LogP contribution in [-0.2, 0) is 0 Å². The van der Waals surface area contributed by atoms with Crippen molar-refractivity contribution in [3.05, 3.63) is 11.6 Å². The van der Waals surface area contributed by atoms with E-state index in [9.17, 15) is 5.11 Å². The molecule has 0 heterocycles. The summed E-state index contributed by atoms with van der Waals surface area (Å²) in [6.45, 7) is 4.85. The van der Waals surface area contributed by atoms with Crippen LogP contribution in [0.2, 0.25) is 0 Å². The molecule has 4 aliphatic rings. The van der Waals surface area contributed by atoms with Crippen molar-refractivity contribution in [2.45, 2.75) is 70.9 Å². The molecule has 0 aromatic rings. The van der Waals surface area contributed by atoms with E-state index in [-0.39, 0.29) is 11.5 Å². The van der Waals surface area contributed by atoms with E-state index in [0.717, 1.165) is 25.7 Å². The maximum atomic E-state index is 11.0. The van der Waals surface area contributed by atoms with Crippen molar-refractivity contribution in [3.8, 4) is 12.3 Å². The summed E-state index contributed by atoms with van der Waals surface area (Å²) in [7, 11) is 0. The van der Waals surface area contributed by atoms with E-state index in [4.69, 9.17) is 12.2 Å². The van der Waals surface area contributed by atoms with Crippen molar-refractivity contribution in [3.63, 3.8) is 0 Å². The molecule has 126 valence electrons. The van der Waals surface area contributed by atoms with Crippen LogP contribution in [-0.4, -0.2) is 17.3 Å². The minimum absolute atomic E-state index is 0.130. The fraction of sp³-hybridized carbons (Fsp3) is 0.810. The quantitative estimate of drug-likeness (QED) is 0.672. The third-order valence-electron chi connectivity index (χ3n) is 8.46. The van der Waals surface area contributed by atoms with E-state index in [1.807, 2.05) is 0 Å². The van der Waals surface area contributed by atoms with Crippen LogP contribution in [0.15, 0.2) is 11.6 Å². The molecule has 4 aliphatic carbocycles. The van der Waals surface area contributed by atoms with E-state index in [1.54, 1.807) is 0 Å². The number of hydrogen-bond acceptors (Lipinski definition) is 2. The number of aliphatic hydroxyl groups excluding tert-OH is 1. The Bertz CT molecular complexity index is 575. The van der Waals surface area contributed by atoms with Gasteiger partial charge in [-0.15, -0.1) is 6.42 Å². The maximum Gasteiger partial charge on any atom is 0.0577 e. The van der Waals surface area contributed by atoms with Gasteiger partial charge in [0, 0.05) is 17.0 Å². The zero-order valence-corrected chi connectivity index (χ0v) is 14.6. The molecule has 0 bridgehead atoms. The Morgan fingerprint density at radius 3 is 2.74 bits per heavy atom. The number of allylic oxidation sites excluding steroid dienone is 2. The summed E-state index contributed by atoms with van der Waals surface area (Å²) in [4.78, 5) is 0. The van der Waals surface area contributed by atoms with Crippen molar-refractivity contribution < 1.29 is 5.11 Å². The number of rotatable bonds is 0. The molecule has 0 amide bonds. The lowest BCUT2D eigenvalue weighted by Gasteiger charge is -2.62. The van der Waals surface area contributed by atoms with Gasteiger partial charge in [-0.2, -0.15) is 0 Å². The van der Waals surface area contributed by atoms with E-state index in [1.165, 1.54) is 24.8 Å². The maximum absolute atomic E-state index is 11.0. The van der Waals surface area contributed by atoms with Crippen molar-refractivity contribution in [2.24, 2.45) is 40.2 Å². The summed E-state index contributed by atoms with van der Waals surface area (Å²) < 4.78 is 0. The molecule has 2 nitrogen and oxygen atoms in total. The Morgan fingerprint density at radius 2 is 2.00 bits per heavy atom. The number of aliphatic hydroxyl groups is 1. The van der Waals surface area contributed by atoms with Crippen LogP contribution >= 0.6 is 0 Å². The SMILES string of the molecule is C#CC1=CCC2C3C(O)CC4CC(N)CCC4(C)C3CCC12C. The van der Waals surface area contributed by atoms with Crippen molar-refractivity contribution in [2.75, 3.05) is 0 Å². The first-order valence-corrected chi connectivity index (χ1v) is 9.51. The first kappa shape index (κ1) is 15.7.